The molecule has 2 aromatic carbocycles. The van der Waals surface area contributed by atoms with Gasteiger partial charge in [-0.1, -0.05) is 54.6 Å². The molecule has 0 aromatic heterocycles. The predicted octanol–water partition coefficient (Wildman–Crippen LogP) is 1.63. The Morgan fingerprint density at radius 1 is 1.11 bits per heavy atom. The number of aliphatic carboxylic acids is 1. The lowest BCUT2D eigenvalue weighted by atomic mass is 10.0. The second-order valence-electron chi connectivity index (χ2n) is 6.14. The summed E-state index contributed by atoms with van der Waals surface area (Å²) in [6.45, 7) is 0. The standard InChI is InChI=1S/C19H17NO7S/c20-19-18(27-28(24,25)11-12-5-2-1-3-6-12)16(23)17(26-19)14-8-4-7-13(9-14)10-15(21)22/h1-9,17H,10-11,20H2,(H,21,22). The van der Waals surface area contributed by atoms with E-state index in [4.69, 9.17) is 19.8 Å². The zero-order valence-corrected chi connectivity index (χ0v) is 15.4. The number of ether oxygens (including phenoxy) is 1. The number of benzene rings is 2. The molecule has 0 fully saturated rings. The highest BCUT2D eigenvalue weighted by atomic mass is 32.2. The molecule has 0 spiro atoms. The van der Waals surface area contributed by atoms with Crippen LogP contribution in [0.5, 0.6) is 0 Å². The Hall–Kier alpha value is -3.33. The van der Waals surface area contributed by atoms with E-state index in [0.717, 1.165) is 0 Å². The number of hydrogen-bond acceptors (Lipinski definition) is 7. The molecule has 9 heteroatoms. The fourth-order valence-electron chi connectivity index (χ4n) is 2.75. The quantitative estimate of drug-likeness (QED) is 0.667. The van der Waals surface area contributed by atoms with E-state index >= 15 is 0 Å². The summed E-state index contributed by atoms with van der Waals surface area (Å²) in [5.74, 6) is -3.22. The average molecular weight is 403 g/mol. The molecule has 0 aliphatic carbocycles. The molecule has 3 N–H and O–H groups in total. The van der Waals surface area contributed by atoms with Crippen molar-refractivity contribution in [3.8, 4) is 0 Å². The normalized spacial score (nSPS) is 16.7. The Morgan fingerprint density at radius 3 is 2.46 bits per heavy atom. The highest BCUT2D eigenvalue weighted by Gasteiger charge is 2.39. The second kappa shape index (κ2) is 7.73. The molecule has 2 aromatic rings. The molecule has 0 bridgehead atoms. The van der Waals surface area contributed by atoms with E-state index in [1.165, 1.54) is 6.07 Å². The number of nitrogens with two attached hydrogens (primary N) is 1. The fraction of sp³-hybridized carbons (Fsp3) is 0.158. The Kier molecular flexibility index (Phi) is 5.36. The maximum atomic E-state index is 12.6. The number of carboxylic acids is 1. The van der Waals surface area contributed by atoms with E-state index in [2.05, 4.69) is 0 Å². The van der Waals surface area contributed by atoms with Gasteiger partial charge in [-0.15, -0.1) is 0 Å². The minimum atomic E-state index is -4.13. The first-order chi connectivity index (χ1) is 13.2. The van der Waals surface area contributed by atoms with E-state index in [0.29, 0.717) is 16.7 Å². The number of rotatable bonds is 7. The minimum absolute atomic E-state index is 0.230. The lowest BCUT2D eigenvalue weighted by molar-refractivity contribution is -0.136. The summed E-state index contributed by atoms with van der Waals surface area (Å²) in [7, 11) is -4.13. The molecule has 1 unspecified atom stereocenters. The Morgan fingerprint density at radius 2 is 1.79 bits per heavy atom. The number of carboxylic acid groups (broad SMARTS) is 1. The summed E-state index contributed by atoms with van der Waals surface area (Å²) in [5, 5.41) is 8.89. The van der Waals surface area contributed by atoms with Crippen molar-refractivity contribution in [1.29, 1.82) is 0 Å². The van der Waals surface area contributed by atoms with Gasteiger partial charge in [0.2, 0.25) is 17.4 Å². The van der Waals surface area contributed by atoms with Crippen LogP contribution in [0.4, 0.5) is 0 Å². The van der Waals surface area contributed by atoms with Gasteiger partial charge < -0.3 is 19.8 Å². The first-order valence-electron chi connectivity index (χ1n) is 8.22. The molecule has 0 saturated heterocycles. The number of Topliss-reactive ketones (excluding diaryl/α,β-unsaturated/α-hetero) is 1. The van der Waals surface area contributed by atoms with Crippen molar-refractivity contribution in [2.24, 2.45) is 5.73 Å². The van der Waals surface area contributed by atoms with Crippen molar-refractivity contribution in [3.63, 3.8) is 0 Å². The number of carbonyl (C=O) groups excluding carboxylic acids is 1. The monoisotopic (exact) mass is 403 g/mol. The van der Waals surface area contributed by atoms with Crippen molar-refractivity contribution in [2.75, 3.05) is 0 Å². The molecule has 8 nitrogen and oxygen atoms in total. The number of hydrogen-bond donors (Lipinski definition) is 2. The van der Waals surface area contributed by atoms with Crippen LogP contribution in [-0.2, 0) is 40.8 Å². The van der Waals surface area contributed by atoms with Crippen LogP contribution in [0.25, 0.3) is 0 Å². The fourth-order valence-corrected chi connectivity index (χ4v) is 3.83. The highest BCUT2D eigenvalue weighted by Crippen LogP contribution is 2.33. The lowest BCUT2D eigenvalue weighted by Gasteiger charge is -2.11. The first-order valence-corrected chi connectivity index (χ1v) is 9.80. The average Bonchev–Trinajstić information content (AvgIpc) is 2.90. The van der Waals surface area contributed by atoms with Crippen LogP contribution in [0.15, 0.2) is 66.2 Å². The molecule has 0 amide bonds. The minimum Gasteiger partial charge on any atom is -0.481 e. The maximum absolute atomic E-state index is 12.6. The molecule has 1 aliphatic rings. The van der Waals surface area contributed by atoms with Crippen molar-refractivity contribution in [3.05, 3.63) is 82.9 Å². The van der Waals surface area contributed by atoms with Gasteiger partial charge in [0.25, 0.3) is 0 Å². The van der Waals surface area contributed by atoms with E-state index in [9.17, 15) is 18.0 Å². The highest BCUT2D eigenvalue weighted by molar-refractivity contribution is 7.86. The van der Waals surface area contributed by atoms with Gasteiger partial charge in [-0.25, -0.2) is 0 Å². The summed E-state index contributed by atoms with van der Waals surface area (Å²) in [4.78, 5) is 23.5. The zero-order chi connectivity index (χ0) is 20.3. The van der Waals surface area contributed by atoms with Crippen molar-refractivity contribution < 1.29 is 32.0 Å². The first kappa shape index (κ1) is 19.4. The van der Waals surface area contributed by atoms with Gasteiger partial charge in [-0.3, -0.25) is 9.59 Å². The molecule has 1 atom stereocenters. The van der Waals surface area contributed by atoms with Gasteiger partial charge in [0.05, 0.1) is 6.42 Å². The van der Waals surface area contributed by atoms with Gasteiger partial charge in [0, 0.05) is 5.56 Å². The van der Waals surface area contributed by atoms with Crippen LogP contribution in [0.1, 0.15) is 22.8 Å². The third-order valence-electron chi connectivity index (χ3n) is 3.94. The van der Waals surface area contributed by atoms with Gasteiger partial charge in [-0.05, 0) is 11.1 Å². The van der Waals surface area contributed by atoms with Crippen molar-refractivity contribution in [1.82, 2.24) is 0 Å². The third-order valence-corrected chi connectivity index (χ3v) is 5.04. The van der Waals surface area contributed by atoms with Gasteiger partial charge in [0.15, 0.2) is 6.10 Å². The molecule has 0 radical (unpaired) electrons. The van der Waals surface area contributed by atoms with Gasteiger partial charge in [0.1, 0.15) is 5.75 Å². The summed E-state index contributed by atoms with van der Waals surface area (Å²) >= 11 is 0. The van der Waals surface area contributed by atoms with Crippen LogP contribution >= 0.6 is 0 Å². The number of ketones is 1. The molecule has 146 valence electrons. The second-order valence-corrected chi connectivity index (χ2v) is 7.71. The lowest BCUT2D eigenvalue weighted by Crippen LogP contribution is -2.16. The van der Waals surface area contributed by atoms with Gasteiger partial charge in [-0.2, -0.15) is 8.42 Å². The van der Waals surface area contributed by atoms with Crippen LogP contribution in [0, 0.1) is 0 Å². The molecule has 1 heterocycles. The summed E-state index contributed by atoms with van der Waals surface area (Å²) < 4.78 is 34.8. The molecule has 0 saturated carbocycles. The van der Waals surface area contributed by atoms with Gasteiger partial charge >= 0.3 is 16.1 Å². The SMILES string of the molecule is NC1=C(OS(=O)(=O)Cc2ccccc2)C(=O)C(c2cccc(CC(=O)O)c2)O1. The van der Waals surface area contributed by atoms with Crippen LogP contribution in [-0.4, -0.2) is 25.3 Å². The van der Waals surface area contributed by atoms with E-state index < -0.39 is 45.4 Å². The molecular weight excluding hydrogens is 386 g/mol. The smallest absolute Gasteiger partial charge is 0.313 e. The van der Waals surface area contributed by atoms with E-state index in [1.54, 1.807) is 48.5 Å². The molecule has 28 heavy (non-hydrogen) atoms. The maximum Gasteiger partial charge on any atom is 0.313 e. The summed E-state index contributed by atoms with van der Waals surface area (Å²) in [6, 6.07) is 14.6. The Bertz CT molecular complexity index is 1040. The molecule has 3 rings (SSSR count). The Balaban J connectivity index is 1.77. The van der Waals surface area contributed by atoms with Crippen LogP contribution in [0.2, 0.25) is 0 Å². The largest absolute Gasteiger partial charge is 0.481 e. The zero-order valence-electron chi connectivity index (χ0n) is 14.6. The molecular formula is C19H17NO7S. The molecule has 1 aliphatic heterocycles. The topological polar surface area (TPSA) is 133 Å². The van der Waals surface area contributed by atoms with Crippen LogP contribution in [0.3, 0.4) is 0 Å². The summed E-state index contributed by atoms with van der Waals surface area (Å²) in [6.07, 6.45) is -1.43. The van der Waals surface area contributed by atoms with Crippen molar-refractivity contribution in [2.45, 2.75) is 18.3 Å². The van der Waals surface area contributed by atoms with Crippen molar-refractivity contribution >= 4 is 21.9 Å². The summed E-state index contributed by atoms with van der Waals surface area (Å²) in [5.41, 5.74) is 6.98. The van der Waals surface area contributed by atoms with Crippen LogP contribution < -0.4 is 5.73 Å². The van der Waals surface area contributed by atoms with E-state index in [-0.39, 0.29) is 6.42 Å². The predicted molar refractivity (Wildman–Crippen MR) is 98.0 cm³/mol. The number of carbonyl (C=O) groups is 2. The Labute approximate surface area is 161 Å². The third kappa shape index (κ3) is 4.49. The van der Waals surface area contributed by atoms with E-state index in [1.807, 2.05) is 0 Å².